The van der Waals surface area contributed by atoms with E-state index in [4.69, 9.17) is 11.6 Å². The van der Waals surface area contributed by atoms with Crippen LogP contribution in [-0.4, -0.2) is 36.2 Å². The van der Waals surface area contributed by atoms with E-state index < -0.39 is 13.0 Å². The molecule has 0 heterocycles. The van der Waals surface area contributed by atoms with Gasteiger partial charge in [0.15, 0.2) is 0 Å². The normalized spacial score (nSPS) is 25.0. The average molecular weight is 268 g/mol. The van der Waals surface area contributed by atoms with Crippen LogP contribution < -0.4 is 0 Å². The van der Waals surface area contributed by atoms with Gasteiger partial charge in [-0.05, 0) is 31.6 Å². The molecule has 1 aliphatic carbocycles. The standard InChI is InChI=1S/C12H20ClF2NO/c1-9-2-4-10(5-3-9)12(17)16(7-6-13)8-11(14)15/h9-11H,2-8H2,1H3. The maximum atomic E-state index is 12.4. The quantitative estimate of drug-likeness (QED) is 0.701. The monoisotopic (exact) mass is 267 g/mol. The fourth-order valence-electron chi connectivity index (χ4n) is 2.33. The van der Waals surface area contributed by atoms with Gasteiger partial charge < -0.3 is 4.90 Å². The van der Waals surface area contributed by atoms with Crippen molar-refractivity contribution in [1.29, 1.82) is 0 Å². The van der Waals surface area contributed by atoms with Crippen molar-refractivity contribution >= 4 is 17.5 Å². The van der Waals surface area contributed by atoms with Crippen LogP contribution >= 0.6 is 11.6 Å². The third kappa shape index (κ3) is 4.78. The van der Waals surface area contributed by atoms with Crippen LogP contribution in [0.15, 0.2) is 0 Å². The Kier molecular flexibility index (Phi) is 6.17. The number of nitrogens with zero attached hydrogens (tertiary/aromatic N) is 1. The van der Waals surface area contributed by atoms with Crippen molar-refractivity contribution < 1.29 is 13.6 Å². The first-order valence-corrected chi connectivity index (χ1v) is 6.71. The van der Waals surface area contributed by atoms with Gasteiger partial charge in [-0.1, -0.05) is 6.92 Å². The molecule has 5 heteroatoms. The van der Waals surface area contributed by atoms with Gasteiger partial charge in [0.05, 0.1) is 6.54 Å². The highest BCUT2D eigenvalue weighted by atomic mass is 35.5. The number of rotatable bonds is 5. The molecular weight excluding hydrogens is 248 g/mol. The van der Waals surface area contributed by atoms with E-state index in [0.29, 0.717) is 5.92 Å². The summed E-state index contributed by atoms with van der Waals surface area (Å²) in [5.74, 6) is 0.642. The number of alkyl halides is 3. The first kappa shape index (κ1) is 14.7. The third-order valence-electron chi connectivity index (χ3n) is 3.39. The van der Waals surface area contributed by atoms with Gasteiger partial charge >= 0.3 is 0 Å². The molecule has 0 bridgehead atoms. The van der Waals surface area contributed by atoms with Crippen LogP contribution in [0.5, 0.6) is 0 Å². The Morgan fingerprint density at radius 3 is 2.41 bits per heavy atom. The van der Waals surface area contributed by atoms with Crippen LogP contribution in [0.1, 0.15) is 32.6 Å². The molecule has 1 rings (SSSR count). The second-order valence-electron chi connectivity index (χ2n) is 4.82. The van der Waals surface area contributed by atoms with Crippen molar-refractivity contribution in [2.24, 2.45) is 11.8 Å². The van der Waals surface area contributed by atoms with Gasteiger partial charge in [0.25, 0.3) is 6.43 Å². The minimum absolute atomic E-state index is 0.0758. The lowest BCUT2D eigenvalue weighted by Crippen LogP contribution is -2.41. The fraction of sp³-hybridized carbons (Fsp3) is 0.917. The second-order valence-corrected chi connectivity index (χ2v) is 5.20. The lowest BCUT2D eigenvalue weighted by molar-refractivity contribution is -0.138. The molecule has 0 atom stereocenters. The van der Waals surface area contributed by atoms with E-state index in [1.54, 1.807) is 0 Å². The highest BCUT2D eigenvalue weighted by Gasteiger charge is 2.29. The minimum atomic E-state index is -2.48. The number of carbonyl (C=O) groups excluding carboxylic acids is 1. The number of hydrogen-bond donors (Lipinski definition) is 0. The first-order chi connectivity index (χ1) is 8.04. The molecule has 0 spiro atoms. The van der Waals surface area contributed by atoms with Crippen LogP contribution in [0.4, 0.5) is 8.78 Å². The van der Waals surface area contributed by atoms with Crippen LogP contribution in [0.3, 0.4) is 0 Å². The molecule has 0 aromatic heterocycles. The molecule has 0 aliphatic heterocycles. The van der Waals surface area contributed by atoms with Gasteiger partial charge in [-0.3, -0.25) is 4.79 Å². The number of hydrogen-bond acceptors (Lipinski definition) is 1. The van der Waals surface area contributed by atoms with E-state index in [0.717, 1.165) is 25.7 Å². The SMILES string of the molecule is CC1CCC(C(=O)N(CCCl)CC(F)F)CC1. The third-order valence-corrected chi connectivity index (χ3v) is 3.56. The lowest BCUT2D eigenvalue weighted by Gasteiger charge is -2.30. The maximum Gasteiger partial charge on any atom is 0.255 e. The van der Waals surface area contributed by atoms with E-state index in [1.807, 2.05) is 0 Å². The lowest BCUT2D eigenvalue weighted by atomic mass is 9.82. The summed E-state index contributed by atoms with van der Waals surface area (Å²) in [7, 11) is 0. The summed E-state index contributed by atoms with van der Waals surface area (Å²) in [4.78, 5) is 13.3. The van der Waals surface area contributed by atoms with Gasteiger partial charge in [0.1, 0.15) is 0 Å². The van der Waals surface area contributed by atoms with Crippen LogP contribution in [-0.2, 0) is 4.79 Å². The van der Waals surface area contributed by atoms with Crippen molar-refractivity contribution in [1.82, 2.24) is 4.90 Å². The Bertz CT molecular complexity index is 243. The van der Waals surface area contributed by atoms with E-state index >= 15 is 0 Å². The number of amides is 1. The van der Waals surface area contributed by atoms with Crippen molar-refractivity contribution in [3.05, 3.63) is 0 Å². The van der Waals surface area contributed by atoms with E-state index in [9.17, 15) is 13.6 Å². The van der Waals surface area contributed by atoms with Crippen LogP contribution in [0.2, 0.25) is 0 Å². The predicted octanol–water partition coefficient (Wildman–Crippen LogP) is 3.15. The molecule has 1 fully saturated rings. The smallest absolute Gasteiger partial charge is 0.255 e. The zero-order valence-electron chi connectivity index (χ0n) is 10.2. The Morgan fingerprint density at radius 2 is 1.94 bits per heavy atom. The van der Waals surface area contributed by atoms with Crippen molar-refractivity contribution in [2.75, 3.05) is 19.0 Å². The van der Waals surface area contributed by atoms with Crippen molar-refractivity contribution in [2.45, 2.75) is 39.0 Å². The topological polar surface area (TPSA) is 20.3 Å². The van der Waals surface area contributed by atoms with Crippen molar-refractivity contribution in [3.63, 3.8) is 0 Å². The Balaban J connectivity index is 2.51. The Morgan fingerprint density at radius 1 is 1.35 bits per heavy atom. The largest absolute Gasteiger partial charge is 0.336 e. The van der Waals surface area contributed by atoms with Gasteiger partial charge in [-0.25, -0.2) is 8.78 Å². The van der Waals surface area contributed by atoms with E-state index in [-0.39, 0.29) is 24.2 Å². The molecule has 1 aliphatic rings. The molecule has 2 nitrogen and oxygen atoms in total. The molecule has 0 unspecified atom stereocenters. The van der Waals surface area contributed by atoms with E-state index in [1.165, 1.54) is 4.90 Å². The molecule has 0 radical (unpaired) electrons. The summed E-state index contributed by atoms with van der Waals surface area (Å²) in [5.41, 5.74) is 0. The summed E-state index contributed by atoms with van der Waals surface area (Å²) in [6.07, 6.45) is 1.19. The molecule has 0 saturated heterocycles. The summed E-state index contributed by atoms with van der Waals surface area (Å²) in [6.45, 7) is 1.89. The average Bonchev–Trinajstić information content (AvgIpc) is 2.28. The molecule has 1 amide bonds. The van der Waals surface area contributed by atoms with Gasteiger partial charge in [0, 0.05) is 18.3 Å². The van der Waals surface area contributed by atoms with Crippen LogP contribution in [0.25, 0.3) is 0 Å². The van der Waals surface area contributed by atoms with Gasteiger partial charge in [0.2, 0.25) is 5.91 Å². The minimum Gasteiger partial charge on any atom is -0.336 e. The van der Waals surface area contributed by atoms with Gasteiger partial charge in [-0.2, -0.15) is 0 Å². The van der Waals surface area contributed by atoms with Crippen molar-refractivity contribution in [3.8, 4) is 0 Å². The Labute approximate surface area is 106 Å². The number of halogens is 3. The molecule has 0 aromatic carbocycles. The molecular formula is C12H20ClF2NO. The second kappa shape index (κ2) is 7.14. The van der Waals surface area contributed by atoms with Crippen LogP contribution in [0, 0.1) is 11.8 Å². The highest BCUT2D eigenvalue weighted by Crippen LogP contribution is 2.29. The molecule has 0 aromatic rings. The van der Waals surface area contributed by atoms with Gasteiger partial charge in [-0.15, -0.1) is 11.6 Å². The summed E-state index contributed by atoms with van der Waals surface area (Å²) in [6, 6.07) is 0. The number of carbonyl (C=O) groups is 1. The van der Waals surface area contributed by atoms with E-state index in [2.05, 4.69) is 6.92 Å². The molecule has 0 N–H and O–H groups in total. The fourth-order valence-corrected chi connectivity index (χ4v) is 2.53. The zero-order chi connectivity index (χ0) is 12.8. The molecule has 1 saturated carbocycles. The summed E-state index contributed by atoms with van der Waals surface area (Å²) >= 11 is 5.55. The zero-order valence-corrected chi connectivity index (χ0v) is 10.9. The maximum absolute atomic E-state index is 12.4. The first-order valence-electron chi connectivity index (χ1n) is 6.17. The highest BCUT2D eigenvalue weighted by molar-refractivity contribution is 6.18. The summed E-state index contributed by atoms with van der Waals surface area (Å²) in [5, 5.41) is 0. The molecule has 17 heavy (non-hydrogen) atoms. The summed E-state index contributed by atoms with van der Waals surface area (Å²) < 4.78 is 24.7. The molecule has 100 valence electrons. The Hall–Kier alpha value is -0.380. The predicted molar refractivity (Wildman–Crippen MR) is 64.4 cm³/mol.